The summed E-state index contributed by atoms with van der Waals surface area (Å²) in [6.07, 6.45) is 0.753. The molecule has 1 fully saturated rings. The van der Waals surface area contributed by atoms with E-state index < -0.39 is 29.9 Å². The van der Waals surface area contributed by atoms with Crippen LogP contribution < -0.4 is 29.6 Å². The first-order chi connectivity index (χ1) is 15.4. The molecule has 0 saturated carbocycles. The number of carbonyl (C=O) groups is 3. The molecule has 2 aromatic rings. The van der Waals surface area contributed by atoms with Gasteiger partial charge in [0, 0.05) is 18.2 Å². The van der Waals surface area contributed by atoms with Crippen molar-refractivity contribution in [3.05, 3.63) is 42.0 Å². The second-order valence-electron chi connectivity index (χ2n) is 7.77. The molecule has 0 radical (unpaired) electrons. The SMILES string of the molecule is C[C@]1(c2ccc3c(c2)OCCCO3)NC(=O)N(CC(=O)Nc2ccc3c(c2)OCO3)C1=O. The summed E-state index contributed by atoms with van der Waals surface area (Å²) in [5.41, 5.74) is -0.323. The maximum Gasteiger partial charge on any atom is 0.325 e. The molecule has 1 atom stereocenters. The zero-order valence-electron chi connectivity index (χ0n) is 17.3. The number of anilines is 1. The van der Waals surface area contributed by atoms with Crippen LogP contribution >= 0.6 is 0 Å². The maximum atomic E-state index is 13.2. The van der Waals surface area contributed by atoms with Crippen molar-refractivity contribution < 1.29 is 33.3 Å². The number of benzene rings is 2. The maximum absolute atomic E-state index is 13.2. The van der Waals surface area contributed by atoms with Crippen LogP contribution in [0.3, 0.4) is 0 Å². The van der Waals surface area contributed by atoms with Crippen molar-refractivity contribution >= 4 is 23.5 Å². The van der Waals surface area contributed by atoms with Gasteiger partial charge in [-0.1, -0.05) is 6.07 Å². The van der Waals surface area contributed by atoms with Gasteiger partial charge in [0.05, 0.1) is 13.2 Å². The van der Waals surface area contributed by atoms with Gasteiger partial charge in [-0.15, -0.1) is 0 Å². The number of urea groups is 1. The van der Waals surface area contributed by atoms with E-state index in [4.69, 9.17) is 18.9 Å². The number of carbonyl (C=O) groups excluding carboxylic acids is 3. The van der Waals surface area contributed by atoms with Crippen LogP contribution in [-0.2, 0) is 15.1 Å². The minimum Gasteiger partial charge on any atom is -0.490 e. The highest BCUT2D eigenvalue weighted by molar-refractivity contribution is 6.10. The Morgan fingerprint density at radius 1 is 1.00 bits per heavy atom. The molecule has 0 bridgehead atoms. The Bertz CT molecular complexity index is 1120. The number of fused-ring (bicyclic) bond motifs is 2. The molecular weight excluding hydrogens is 418 g/mol. The van der Waals surface area contributed by atoms with E-state index in [1.54, 1.807) is 43.3 Å². The Balaban J connectivity index is 1.31. The molecule has 3 heterocycles. The van der Waals surface area contributed by atoms with Crippen LogP contribution in [0.15, 0.2) is 36.4 Å². The van der Waals surface area contributed by atoms with Crippen LogP contribution in [0.5, 0.6) is 23.0 Å². The van der Waals surface area contributed by atoms with E-state index in [2.05, 4.69) is 10.6 Å². The third-order valence-electron chi connectivity index (χ3n) is 5.56. The highest BCUT2D eigenvalue weighted by atomic mass is 16.7. The largest absolute Gasteiger partial charge is 0.490 e. The molecule has 5 rings (SSSR count). The molecule has 10 heteroatoms. The van der Waals surface area contributed by atoms with Gasteiger partial charge in [0.2, 0.25) is 12.7 Å². The van der Waals surface area contributed by atoms with Gasteiger partial charge in [0.1, 0.15) is 12.1 Å². The van der Waals surface area contributed by atoms with Crippen molar-refractivity contribution in [1.29, 1.82) is 0 Å². The molecule has 2 aromatic carbocycles. The van der Waals surface area contributed by atoms with Crippen molar-refractivity contribution in [3.8, 4) is 23.0 Å². The summed E-state index contributed by atoms with van der Waals surface area (Å²) in [7, 11) is 0. The van der Waals surface area contributed by atoms with Crippen LogP contribution in [0.1, 0.15) is 18.9 Å². The number of imide groups is 1. The first-order valence-corrected chi connectivity index (χ1v) is 10.2. The molecule has 0 aliphatic carbocycles. The van der Waals surface area contributed by atoms with Crippen LogP contribution in [0.4, 0.5) is 10.5 Å². The summed E-state index contributed by atoms with van der Waals surface area (Å²) in [5.74, 6) is 1.16. The van der Waals surface area contributed by atoms with Gasteiger partial charge in [-0.25, -0.2) is 4.79 Å². The minimum absolute atomic E-state index is 0.119. The lowest BCUT2D eigenvalue weighted by Crippen LogP contribution is -2.42. The zero-order valence-corrected chi connectivity index (χ0v) is 17.3. The van der Waals surface area contributed by atoms with Gasteiger partial charge in [-0.2, -0.15) is 0 Å². The third kappa shape index (κ3) is 3.43. The quantitative estimate of drug-likeness (QED) is 0.700. The van der Waals surface area contributed by atoms with Gasteiger partial charge >= 0.3 is 6.03 Å². The number of nitrogens with zero attached hydrogens (tertiary/aromatic N) is 1. The highest BCUT2D eigenvalue weighted by Gasteiger charge is 2.49. The van der Waals surface area contributed by atoms with E-state index in [9.17, 15) is 14.4 Å². The summed E-state index contributed by atoms with van der Waals surface area (Å²) >= 11 is 0. The number of hydrogen-bond acceptors (Lipinski definition) is 7. The van der Waals surface area contributed by atoms with Gasteiger partial charge < -0.3 is 29.6 Å². The fourth-order valence-electron chi connectivity index (χ4n) is 3.83. The summed E-state index contributed by atoms with van der Waals surface area (Å²) < 4.78 is 21.9. The Morgan fingerprint density at radius 3 is 2.53 bits per heavy atom. The molecule has 1 saturated heterocycles. The van der Waals surface area contributed by atoms with E-state index in [0.717, 1.165) is 11.3 Å². The van der Waals surface area contributed by atoms with Crippen molar-refractivity contribution in [2.24, 2.45) is 0 Å². The molecule has 4 amide bonds. The van der Waals surface area contributed by atoms with Crippen molar-refractivity contribution in [2.45, 2.75) is 18.9 Å². The van der Waals surface area contributed by atoms with Gasteiger partial charge in [-0.3, -0.25) is 14.5 Å². The molecule has 10 nitrogen and oxygen atoms in total. The normalized spacial score (nSPS) is 21.2. The van der Waals surface area contributed by atoms with Crippen molar-refractivity contribution in [1.82, 2.24) is 10.2 Å². The second kappa shape index (κ2) is 7.63. The van der Waals surface area contributed by atoms with E-state index >= 15 is 0 Å². The van der Waals surface area contributed by atoms with Crippen LogP contribution in [0.2, 0.25) is 0 Å². The Labute approximate surface area is 183 Å². The lowest BCUT2D eigenvalue weighted by atomic mass is 9.91. The van der Waals surface area contributed by atoms with E-state index in [0.29, 0.717) is 47.5 Å². The van der Waals surface area contributed by atoms with Crippen molar-refractivity contribution in [3.63, 3.8) is 0 Å². The lowest BCUT2D eigenvalue weighted by Gasteiger charge is -2.23. The van der Waals surface area contributed by atoms with Gasteiger partial charge in [0.25, 0.3) is 5.91 Å². The molecule has 2 N–H and O–H groups in total. The predicted octanol–water partition coefficient (Wildman–Crippen LogP) is 1.98. The summed E-state index contributed by atoms with van der Waals surface area (Å²) in [4.78, 5) is 39.2. The molecule has 166 valence electrons. The molecule has 0 unspecified atom stereocenters. The average molecular weight is 439 g/mol. The van der Waals surface area contributed by atoms with Crippen molar-refractivity contribution in [2.75, 3.05) is 31.9 Å². The monoisotopic (exact) mass is 439 g/mol. The smallest absolute Gasteiger partial charge is 0.325 e. The van der Waals surface area contributed by atoms with Crippen LogP contribution in [0, 0.1) is 0 Å². The summed E-state index contributed by atoms with van der Waals surface area (Å²) in [5, 5.41) is 5.37. The summed E-state index contributed by atoms with van der Waals surface area (Å²) in [6.45, 7) is 2.33. The number of nitrogens with one attached hydrogen (secondary N) is 2. The number of rotatable bonds is 4. The first-order valence-electron chi connectivity index (χ1n) is 10.2. The molecule has 3 aliphatic heterocycles. The van der Waals surface area contributed by atoms with E-state index in [1.165, 1.54) is 0 Å². The average Bonchev–Trinajstić information content (AvgIpc) is 3.22. The topological polar surface area (TPSA) is 115 Å². The first kappa shape index (κ1) is 20.0. The van der Waals surface area contributed by atoms with Gasteiger partial charge in [-0.05, 0) is 36.8 Å². The molecule has 0 spiro atoms. The highest BCUT2D eigenvalue weighted by Crippen LogP contribution is 2.37. The third-order valence-corrected chi connectivity index (χ3v) is 5.56. The van der Waals surface area contributed by atoms with Crippen LogP contribution in [0.25, 0.3) is 0 Å². The fraction of sp³-hybridized carbons (Fsp3) is 0.318. The standard InChI is InChI=1S/C22H21N3O7/c1-22(13-3-5-15-17(9-13)30-8-2-7-29-15)20(27)25(21(28)24-22)11-19(26)23-14-4-6-16-18(10-14)32-12-31-16/h3-6,9-10H,2,7-8,11-12H2,1H3,(H,23,26)(H,24,28)/t22-/m1/s1. The fourth-order valence-corrected chi connectivity index (χ4v) is 3.83. The summed E-state index contributed by atoms with van der Waals surface area (Å²) in [6, 6.07) is 9.41. The molecule has 32 heavy (non-hydrogen) atoms. The number of ether oxygens (including phenoxy) is 4. The van der Waals surface area contributed by atoms with Crippen LogP contribution in [-0.4, -0.2) is 49.3 Å². The molecule has 0 aromatic heterocycles. The Kier molecular flexibility index (Phi) is 4.76. The minimum atomic E-state index is -1.33. The van der Waals surface area contributed by atoms with E-state index in [1.807, 2.05) is 0 Å². The van der Waals surface area contributed by atoms with Gasteiger partial charge in [0.15, 0.2) is 23.0 Å². The molecular formula is C22H21N3O7. The Morgan fingerprint density at radius 2 is 1.69 bits per heavy atom. The lowest BCUT2D eigenvalue weighted by molar-refractivity contribution is -0.133. The second-order valence-corrected chi connectivity index (χ2v) is 7.77. The number of hydrogen-bond donors (Lipinski definition) is 2. The predicted molar refractivity (Wildman–Crippen MR) is 111 cm³/mol. The number of amides is 4. The molecule has 3 aliphatic rings. The Hall–Kier alpha value is -3.95. The zero-order chi connectivity index (χ0) is 22.3. The van der Waals surface area contributed by atoms with E-state index in [-0.39, 0.29) is 6.79 Å².